The predicted molar refractivity (Wildman–Crippen MR) is 93.9 cm³/mol. The van der Waals surface area contributed by atoms with Gasteiger partial charge in [0.15, 0.2) is 0 Å². The van der Waals surface area contributed by atoms with Gasteiger partial charge in [-0.3, -0.25) is 9.59 Å². The third-order valence-corrected chi connectivity index (χ3v) is 5.22. The monoisotopic (exact) mass is 389 g/mol. The number of rotatable bonds is 3. The summed E-state index contributed by atoms with van der Waals surface area (Å²) in [7, 11) is -4.70. The Balaban J connectivity index is 0.00000210. The van der Waals surface area contributed by atoms with E-state index in [4.69, 9.17) is 0 Å². The molecule has 4 rings (SSSR count). The standard InChI is InChI=1S/C19H13NO5S.Na/c21-18-16-10-15(26(23,24)25)7-8-17(16)20(19(18)22)11-12-5-6-13-3-1-2-4-14(13)9-12;/h1-10H,11H2,(H,23,24,25);/q;+1/p-1. The molecular formula is C19H12NNaO5S. The summed E-state index contributed by atoms with van der Waals surface area (Å²) in [6.07, 6.45) is 0. The number of ketones is 1. The van der Waals surface area contributed by atoms with Crippen LogP contribution in [0.2, 0.25) is 0 Å². The van der Waals surface area contributed by atoms with Crippen molar-refractivity contribution in [1.82, 2.24) is 0 Å². The first-order valence-electron chi connectivity index (χ1n) is 7.78. The topological polar surface area (TPSA) is 94.6 Å². The molecule has 3 aromatic rings. The number of hydrogen-bond acceptors (Lipinski definition) is 5. The van der Waals surface area contributed by atoms with Crippen LogP contribution in [0.1, 0.15) is 15.9 Å². The van der Waals surface area contributed by atoms with Gasteiger partial charge >= 0.3 is 29.6 Å². The molecule has 6 nitrogen and oxygen atoms in total. The first-order chi connectivity index (χ1) is 12.3. The third kappa shape index (κ3) is 3.56. The molecule has 0 saturated carbocycles. The number of Topliss-reactive ketones (excluding diaryl/α,β-unsaturated/α-hetero) is 1. The molecule has 3 aromatic carbocycles. The number of amides is 1. The quantitative estimate of drug-likeness (QED) is 0.341. The van der Waals surface area contributed by atoms with Crippen LogP contribution in [0.5, 0.6) is 0 Å². The molecule has 0 atom stereocenters. The molecule has 8 heteroatoms. The van der Waals surface area contributed by atoms with Crippen LogP contribution in [-0.4, -0.2) is 24.7 Å². The summed E-state index contributed by atoms with van der Waals surface area (Å²) in [5.41, 5.74) is 1.08. The zero-order valence-corrected chi connectivity index (χ0v) is 17.2. The van der Waals surface area contributed by atoms with Gasteiger partial charge < -0.3 is 9.45 Å². The number of nitrogens with zero attached hydrogens (tertiary/aromatic N) is 1. The van der Waals surface area contributed by atoms with Crippen molar-refractivity contribution < 1.29 is 52.1 Å². The van der Waals surface area contributed by atoms with E-state index in [1.807, 2.05) is 42.5 Å². The van der Waals surface area contributed by atoms with Gasteiger partial charge in [0.25, 0.3) is 11.7 Å². The molecule has 0 unspecified atom stereocenters. The number of carbonyl (C=O) groups is 2. The summed E-state index contributed by atoms with van der Waals surface area (Å²) < 4.78 is 33.5. The van der Waals surface area contributed by atoms with E-state index in [1.165, 1.54) is 11.0 Å². The molecule has 1 heterocycles. The van der Waals surface area contributed by atoms with Crippen molar-refractivity contribution >= 4 is 38.3 Å². The number of anilines is 1. The van der Waals surface area contributed by atoms with Crippen LogP contribution >= 0.6 is 0 Å². The van der Waals surface area contributed by atoms with Crippen molar-refractivity contribution in [2.24, 2.45) is 0 Å². The minimum atomic E-state index is -4.70. The Morgan fingerprint density at radius 1 is 0.889 bits per heavy atom. The second kappa shape index (κ2) is 7.18. The van der Waals surface area contributed by atoms with Gasteiger partial charge in [-0.2, -0.15) is 0 Å². The van der Waals surface area contributed by atoms with Gasteiger partial charge in [0.2, 0.25) is 0 Å². The maximum absolute atomic E-state index is 12.3. The van der Waals surface area contributed by atoms with Gasteiger partial charge in [-0.15, -0.1) is 0 Å². The molecule has 0 N–H and O–H groups in total. The molecule has 1 aliphatic heterocycles. The van der Waals surface area contributed by atoms with Crippen LogP contribution in [0.15, 0.2) is 65.6 Å². The Bertz CT molecular complexity index is 1190. The van der Waals surface area contributed by atoms with Gasteiger partial charge in [0.1, 0.15) is 10.1 Å². The largest absolute Gasteiger partial charge is 1.00 e. The first kappa shape index (κ1) is 19.7. The van der Waals surface area contributed by atoms with E-state index in [-0.39, 0.29) is 41.7 Å². The maximum Gasteiger partial charge on any atom is 1.00 e. The van der Waals surface area contributed by atoms with E-state index in [2.05, 4.69) is 0 Å². The van der Waals surface area contributed by atoms with Crippen LogP contribution in [-0.2, 0) is 21.5 Å². The fourth-order valence-corrected chi connectivity index (χ4v) is 3.61. The number of fused-ring (bicyclic) bond motifs is 2. The number of benzene rings is 3. The predicted octanol–water partition coefficient (Wildman–Crippen LogP) is -0.523. The average molecular weight is 389 g/mol. The molecule has 27 heavy (non-hydrogen) atoms. The van der Waals surface area contributed by atoms with E-state index in [0.717, 1.165) is 28.5 Å². The molecule has 1 aliphatic rings. The first-order valence-corrected chi connectivity index (χ1v) is 9.19. The van der Waals surface area contributed by atoms with Crippen LogP contribution in [0, 0.1) is 0 Å². The van der Waals surface area contributed by atoms with Crippen LogP contribution in [0.25, 0.3) is 10.8 Å². The van der Waals surface area contributed by atoms with E-state index in [9.17, 15) is 22.6 Å². The number of carbonyl (C=O) groups excluding carboxylic acids is 2. The third-order valence-electron chi connectivity index (χ3n) is 4.39. The van der Waals surface area contributed by atoms with Crippen LogP contribution in [0.4, 0.5) is 5.69 Å². The van der Waals surface area contributed by atoms with Gasteiger partial charge in [-0.05, 0) is 40.6 Å². The maximum atomic E-state index is 12.3. The average Bonchev–Trinajstić information content (AvgIpc) is 2.85. The molecule has 0 bridgehead atoms. The van der Waals surface area contributed by atoms with E-state index in [0.29, 0.717) is 5.69 Å². The molecule has 0 fully saturated rings. The molecule has 0 radical (unpaired) electrons. The Morgan fingerprint density at radius 2 is 1.59 bits per heavy atom. The van der Waals surface area contributed by atoms with Crippen molar-refractivity contribution in [2.45, 2.75) is 11.4 Å². The van der Waals surface area contributed by atoms with E-state index < -0.39 is 26.7 Å². The van der Waals surface area contributed by atoms with E-state index in [1.54, 1.807) is 0 Å². The molecule has 1 amide bonds. The second-order valence-electron chi connectivity index (χ2n) is 6.04. The summed E-state index contributed by atoms with van der Waals surface area (Å²) in [5.74, 6) is -1.56. The van der Waals surface area contributed by atoms with Crippen molar-refractivity contribution in [1.29, 1.82) is 0 Å². The van der Waals surface area contributed by atoms with Gasteiger partial charge in [-0.25, -0.2) is 8.42 Å². The Kier molecular flexibility index (Phi) is 5.24. The summed E-state index contributed by atoms with van der Waals surface area (Å²) in [5, 5.41) is 2.07. The molecule has 0 spiro atoms. The zero-order chi connectivity index (χ0) is 18.5. The summed E-state index contributed by atoms with van der Waals surface area (Å²) in [6.45, 7) is 0.172. The zero-order valence-electron chi connectivity index (χ0n) is 14.4. The minimum absolute atomic E-state index is 0. The van der Waals surface area contributed by atoms with Crippen molar-refractivity contribution in [3.8, 4) is 0 Å². The fraction of sp³-hybridized carbons (Fsp3) is 0.0526. The molecule has 0 saturated heterocycles. The Hall–Kier alpha value is -2.03. The summed E-state index contributed by atoms with van der Waals surface area (Å²) in [4.78, 5) is 25.3. The summed E-state index contributed by atoms with van der Waals surface area (Å²) in [6, 6.07) is 16.9. The fourth-order valence-electron chi connectivity index (χ4n) is 3.11. The molecule has 130 valence electrons. The van der Waals surface area contributed by atoms with Crippen molar-refractivity contribution in [3.05, 3.63) is 71.8 Å². The molecule has 0 aliphatic carbocycles. The number of hydrogen-bond donors (Lipinski definition) is 0. The van der Waals surface area contributed by atoms with Crippen LogP contribution < -0.4 is 34.5 Å². The van der Waals surface area contributed by atoms with Crippen molar-refractivity contribution in [2.75, 3.05) is 4.90 Å². The SMILES string of the molecule is O=C1C(=O)N(Cc2ccc3ccccc3c2)c2ccc(S(=O)(=O)[O-])cc21.[Na+]. The van der Waals surface area contributed by atoms with Crippen LogP contribution in [0.3, 0.4) is 0 Å². The summed E-state index contributed by atoms with van der Waals surface area (Å²) >= 11 is 0. The molecular weight excluding hydrogens is 377 g/mol. The van der Waals surface area contributed by atoms with Gasteiger partial charge in [-0.1, -0.05) is 36.4 Å². The Morgan fingerprint density at radius 3 is 2.30 bits per heavy atom. The van der Waals surface area contributed by atoms with E-state index >= 15 is 0 Å². The van der Waals surface area contributed by atoms with Gasteiger partial charge in [0, 0.05) is 0 Å². The smallest absolute Gasteiger partial charge is 0.744 e. The second-order valence-corrected chi connectivity index (χ2v) is 7.41. The minimum Gasteiger partial charge on any atom is -0.744 e. The van der Waals surface area contributed by atoms with Crippen molar-refractivity contribution in [3.63, 3.8) is 0 Å². The Labute approximate surface area is 177 Å². The molecule has 0 aromatic heterocycles. The normalized spacial score (nSPS) is 13.6. The van der Waals surface area contributed by atoms with Gasteiger partial charge in [0.05, 0.1) is 22.7 Å².